The van der Waals surface area contributed by atoms with Crippen molar-refractivity contribution in [3.8, 4) is 5.75 Å². The van der Waals surface area contributed by atoms with Crippen molar-refractivity contribution in [2.75, 3.05) is 5.75 Å². The van der Waals surface area contributed by atoms with Crippen molar-refractivity contribution < 1.29 is 24.6 Å². The van der Waals surface area contributed by atoms with Crippen LogP contribution in [0.1, 0.15) is 18.5 Å². The van der Waals surface area contributed by atoms with Crippen LogP contribution in [0.25, 0.3) is 0 Å². The van der Waals surface area contributed by atoms with E-state index >= 15 is 0 Å². The van der Waals surface area contributed by atoms with Gasteiger partial charge in [-0.1, -0.05) is 17.7 Å². The van der Waals surface area contributed by atoms with Crippen LogP contribution in [0.2, 0.25) is 5.02 Å². The van der Waals surface area contributed by atoms with Crippen LogP contribution < -0.4 is 11.1 Å². The number of β-lactam (4-membered cyclic amide) rings is 1. The molecule has 0 bridgehead atoms. The number of carbonyl (C=O) groups is 3. The number of halogens is 1. The molecule has 0 spiro atoms. The molecule has 1 saturated heterocycles. The molecule has 138 valence electrons. The van der Waals surface area contributed by atoms with E-state index in [0.29, 0.717) is 16.9 Å². The molecule has 2 amide bonds. The van der Waals surface area contributed by atoms with Crippen LogP contribution in [-0.2, 0) is 14.4 Å². The number of amides is 2. The molecule has 1 aromatic carbocycles. The lowest BCUT2D eigenvalue weighted by Gasteiger charge is -2.49. The maximum atomic E-state index is 12.4. The van der Waals surface area contributed by atoms with Gasteiger partial charge in [0, 0.05) is 5.75 Å². The lowest BCUT2D eigenvalue weighted by atomic mass is 10.0. The number of rotatable bonds is 4. The van der Waals surface area contributed by atoms with Crippen LogP contribution in [0, 0.1) is 0 Å². The van der Waals surface area contributed by atoms with Gasteiger partial charge in [0.2, 0.25) is 5.91 Å². The minimum absolute atomic E-state index is 0.0288. The molecule has 2 aliphatic rings. The molecule has 3 rings (SSSR count). The Morgan fingerprint density at radius 1 is 1.46 bits per heavy atom. The molecule has 1 fully saturated rings. The summed E-state index contributed by atoms with van der Waals surface area (Å²) in [5.41, 5.74) is 6.87. The average molecular weight is 398 g/mol. The largest absolute Gasteiger partial charge is 0.506 e. The number of carboxylic acid groups (broad SMARTS) is 1. The molecule has 10 heteroatoms. The van der Waals surface area contributed by atoms with Crippen LogP contribution in [0.5, 0.6) is 5.75 Å². The molecule has 3 unspecified atom stereocenters. The highest BCUT2D eigenvalue weighted by Crippen LogP contribution is 2.40. The number of hydrogen-bond acceptors (Lipinski definition) is 6. The first kappa shape index (κ1) is 18.6. The second kappa shape index (κ2) is 6.82. The van der Waals surface area contributed by atoms with Gasteiger partial charge in [-0.3, -0.25) is 14.5 Å². The first-order valence-electron chi connectivity index (χ1n) is 7.64. The molecule has 1 aromatic rings. The van der Waals surface area contributed by atoms with Crippen molar-refractivity contribution in [3.05, 3.63) is 40.1 Å². The molecule has 2 aliphatic heterocycles. The minimum atomic E-state index is -1.17. The number of phenols is 1. The number of nitrogens with one attached hydrogen (secondary N) is 1. The van der Waals surface area contributed by atoms with Gasteiger partial charge in [0.1, 0.15) is 28.9 Å². The number of aliphatic carboxylic acids is 1. The molecular weight excluding hydrogens is 382 g/mol. The third kappa shape index (κ3) is 3.02. The molecule has 5 N–H and O–H groups in total. The van der Waals surface area contributed by atoms with Crippen molar-refractivity contribution in [2.45, 2.75) is 24.4 Å². The van der Waals surface area contributed by atoms with Gasteiger partial charge in [0.25, 0.3) is 5.91 Å². The number of nitrogens with two attached hydrogens (primary N) is 1. The molecule has 0 radical (unpaired) electrons. The summed E-state index contributed by atoms with van der Waals surface area (Å²) >= 11 is 7.20. The Morgan fingerprint density at radius 2 is 2.15 bits per heavy atom. The Hall–Kier alpha value is -2.23. The van der Waals surface area contributed by atoms with Gasteiger partial charge in [-0.25, -0.2) is 4.79 Å². The number of aromatic hydroxyl groups is 1. The Kier molecular flexibility index (Phi) is 4.87. The van der Waals surface area contributed by atoms with E-state index in [2.05, 4.69) is 5.32 Å². The maximum Gasteiger partial charge on any atom is 0.352 e. The van der Waals surface area contributed by atoms with Crippen molar-refractivity contribution >= 4 is 41.1 Å². The lowest BCUT2D eigenvalue weighted by Crippen LogP contribution is -2.71. The van der Waals surface area contributed by atoms with Gasteiger partial charge >= 0.3 is 5.97 Å². The van der Waals surface area contributed by atoms with Crippen LogP contribution in [0.3, 0.4) is 0 Å². The first-order valence-corrected chi connectivity index (χ1v) is 9.07. The zero-order valence-electron chi connectivity index (χ0n) is 13.6. The van der Waals surface area contributed by atoms with Gasteiger partial charge in [-0.2, -0.15) is 0 Å². The molecule has 2 heterocycles. The van der Waals surface area contributed by atoms with Gasteiger partial charge < -0.3 is 21.3 Å². The monoisotopic (exact) mass is 397 g/mol. The number of nitrogens with zero attached hydrogens (tertiary/aromatic N) is 1. The summed E-state index contributed by atoms with van der Waals surface area (Å²) in [6, 6.07) is 2.24. The minimum Gasteiger partial charge on any atom is -0.506 e. The van der Waals surface area contributed by atoms with E-state index < -0.39 is 35.2 Å². The fourth-order valence-corrected chi connectivity index (χ4v) is 4.37. The topological polar surface area (TPSA) is 133 Å². The summed E-state index contributed by atoms with van der Waals surface area (Å²) in [5.74, 6) is -1.91. The second-order valence-electron chi connectivity index (χ2n) is 6.02. The molecule has 0 saturated carbocycles. The van der Waals surface area contributed by atoms with Gasteiger partial charge in [0.15, 0.2) is 0 Å². The smallest absolute Gasteiger partial charge is 0.352 e. The van der Waals surface area contributed by atoms with Crippen LogP contribution in [0.15, 0.2) is 29.5 Å². The molecule has 26 heavy (non-hydrogen) atoms. The average Bonchev–Trinajstić information content (AvgIpc) is 2.60. The van der Waals surface area contributed by atoms with E-state index in [1.165, 1.54) is 34.9 Å². The van der Waals surface area contributed by atoms with Gasteiger partial charge in [0.05, 0.1) is 5.02 Å². The number of hydrogen-bond donors (Lipinski definition) is 4. The van der Waals surface area contributed by atoms with E-state index in [1.807, 2.05) is 0 Å². The predicted octanol–water partition coefficient (Wildman–Crippen LogP) is 0.804. The van der Waals surface area contributed by atoms with E-state index in [0.717, 1.165) is 0 Å². The van der Waals surface area contributed by atoms with Crippen molar-refractivity contribution in [3.63, 3.8) is 0 Å². The normalized spacial score (nSPS) is 23.2. The molecule has 0 aromatic heterocycles. The molecule has 3 atom stereocenters. The summed E-state index contributed by atoms with van der Waals surface area (Å²) in [5, 5.41) is 20.9. The summed E-state index contributed by atoms with van der Waals surface area (Å²) in [6.07, 6.45) is 0. The van der Waals surface area contributed by atoms with Crippen molar-refractivity contribution in [1.29, 1.82) is 0 Å². The molecular formula is C16H16ClN3O5S. The highest BCUT2D eigenvalue weighted by atomic mass is 35.5. The summed E-state index contributed by atoms with van der Waals surface area (Å²) < 4.78 is 0. The SMILES string of the molecule is CC1=C(C(=O)O)N2C(=O)C(NC(=O)C(N)c3ccc(O)c(Cl)c3)C2SC1. The third-order valence-corrected chi connectivity index (χ3v) is 6.00. The van der Waals surface area contributed by atoms with Gasteiger partial charge in [-0.15, -0.1) is 11.8 Å². The first-order chi connectivity index (χ1) is 12.2. The van der Waals surface area contributed by atoms with Gasteiger partial charge in [-0.05, 0) is 30.2 Å². The maximum absolute atomic E-state index is 12.4. The Bertz CT molecular complexity index is 843. The van der Waals surface area contributed by atoms with Crippen LogP contribution in [0.4, 0.5) is 0 Å². The van der Waals surface area contributed by atoms with E-state index in [4.69, 9.17) is 17.3 Å². The number of carboxylic acids is 1. The van der Waals surface area contributed by atoms with E-state index in [1.54, 1.807) is 6.92 Å². The Morgan fingerprint density at radius 3 is 2.77 bits per heavy atom. The van der Waals surface area contributed by atoms with Crippen molar-refractivity contribution in [1.82, 2.24) is 10.2 Å². The summed E-state index contributed by atoms with van der Waals surface area (Å²) in [6.45, 7) is 1.66. The number of phenolic OH excluding ortho intramolecular Hbond substituents is 1. The number of thioether (sulfide) groups is 1. The quantitative estimate of drug-likeness (QED) is 0.552. The standard InChI is InChI=1S/C16H16ClN3O5S/c1-6-5-26-15-11(14(23)20(15)12(6)16(24)25)19-13(22)10(18)7-2-3-9(21)8(17)4-7/h2-4,10-11,15,21H,5,18H2,1H3,(H,19,22)(H,24,25). The fourth-order valence-electron chi connectivity index (χ4n) is 2.89. The highest BCUT2D eigenvalue weighted by molar-refractivity contribution is 8.00. The number of benzene rings is 1. The van der Waals surface area contributed by atoms with E-state index in [-0.39, 0.29) is 16.5 Å². The Balaban J connectivity index is 1.72. The third-order valence-electron chi connectivity index (χ3n) is 4.27. The van der Waals surface area contributed by atoms with Crippen LogP contribution in [-0.4, -0.2) is 50.1 Å². The fraction of sp³-hybridized carbons (Fsp3) is 0.312. The highest BCUT2D eigenvalue weighted by Gasteiger charge is 2.53. The Labute approximate surface area is 158 Å². The molecule has 8 nitrogen and oxygen atoms in total. The lowest BCUT2D eigenvalue weighted by molar-refractivity contribution is -0.150. The van der Waals surface area contributed by atoms with E-state index in [9.17, 15) is 24.6 Å². The number of fused-ring (bicyclic) bond motifs is 1. The molecule has 0 aliphatic carbocycles. The van der Waals surface area contributed by atoms with Crippen molar-refractivity contribution in [2.24, 2.45) is 5.73 Å². The second-order valence-corrected chi connectivity index (χ2v) is 7.53. The summed E-state index contributed by atoms with van der Waals surface area (Å²) in [4.78, 5) is 37.3. The zero-order valence-corrected chi connectivity index (χ0v) is 15.2. The zero-order chi connectivity index (χ0) is 19.2. The summed E-state index contributed by atoms with van der Waals surface area (Å²) in [7, 11) is 0. The van der Waals surface area contributed by atoms with Crippen LogP contribution >= 0.6 is 23.4 Å². The number of carbonyl (C=O) groups excluding carboxylic acids is 2. The predicted molar refractivity (Wildman–Crippen MR) is 95.4 cm³/mol.